The molecule has 2 aromatic rings. The minimum absolute atomic E-state index is 0.375. The third kappa shape index (κ3) is 3.13. The van der Waals surface area contributed by atoms with E-state index < -0.39 is 5.91 Å². The Morgan fingerprint density at radius 1 is 1.23 bits per heavy atom. The minimum Gasteiger partial charge on any atom is -0.365 e. The Morgan fingerprint density at radius 2 is 1.91 bits per heavy atom. The van der Waals surface area contributed by atoms with Gasteiger partial charge in [-0.2, -0.15) is 5.10 Å². The van der Waals surface area contributed by atoms with Crippen molar-refractivity contribution in [3.63, 3.8) is 0 Å². The Labute approximate surface area is 130 Å². The molecule has 1 amide bonds. The van der Waals surface area contributed by atoms with Crippen LogP contribution in [0.25, 0.3) is 0 Å². The van der Waals surface area contributed by atoms with Crippen molar-refractivity contribution >= 4 is 17.4 Å². The van der Waals surface area contributed by atoms with Crippen molar-refractivity contribution in [3.05, 3.63) is 41.6 Å². The maximum atomic E-state index is 11.7. The maximum Gasteiger partial charge on any atom is 0.254 e. The van der Waals surface area contributed by atoms with Gasteiger partial charge in [0.05, 0.1) is 6.04 Å². The van der Waals surface area contributed by atoms with E-state index in [9.17, 15) is 4.79 Å². The molecule has 0 unspecified atom stereocenters. The number of aromatic nitrogens is 2. The van der Waals surface area contributed by atoms with Crippen LogP contribution in [0.4, 0.5) is 11.5 Å². The monoisotopic (exact) mass is 298 g/mol. The van der Waals surface area contributed by atoms with E-state index >= 15 is 0 Å². The Balaban J connectivity index is 1.86. The molecule has 5 heteroatoms. The third-order valence-electron chi connectivity index (χ3n) is 4.26. The quantitative estimate of drug-likeness (QED) is 0.906. The van der Waals surface area contributed by atoms with E-state index in [2.05, 4.69) is 10.4 Å². The average Bonchev–Trinajstić information content (AvgIpc) is 2.95. The van der Waals surface area contributed by atoms with Crippen LogP contribution < -0.4 is 11.1 Å². The van der Waals surface area contributed by atoms with Crippen molar-refractivity contribution in [1.29, 1.82) is 0 Å². The summed E-state index contributed by atoms with van der Waals surface area (Å²) in [5, 5.41) is 7.79. The van der Waals surface area contributed by atoms with Gasteiger partial charge in [-0.3, -0.25) is 9.48 Å². The summed E-state index contributed by atoms with van der Waals surface area (Å²) in [5.74, 6) is 0.0959. The number of nitrogens with zero attached hydrogens (tertiary/aromatic N) is 2. The van der Waals surface area contributed by atoms with Gasteiger partial charge in [-0.1, -0.05) is 37.0 Å². The second-order valence-electron chi connectivity index (χ2n) is 6.02. The van der Waals surface area contributed by atoms with Crippen LogP contribution in [0.15, 0.2) is 30.5 Å². The van der Waals surface area contributed by atoms with Gasteiger partial charge >= 0.3 is 0 Å². The Morgan fingerprint density at radius 3 is 2.55 bits per heavy atom. The SMILES string of the molecule is Cc1ccc(Nc2nn(C3CCCCC3)cc2C(N)=O)cc1. The summed E-state index contributed by atoms with van der Waals surface area (Å²) in [6.07, 6.45) is 7.74. The molecule has 1 aromatic heterocycles. The molecule has 0 spiro atoms. The zero-order chi connectivity index (χ0) is 15.5. The van der Waals surface area contributed by atoms with E-state index in [1.54, 1.807) is 6.20 Å². The molecule has 1 aliphatic rings. The molecule has 0 aliphatic heterocycles. The lowest BCUT2D eigenvalue weighted by atomic mass is 9.96. The second kappa shape index (κ2) is 6.22. The predicted molar refractivity (Wildman–Crippen MR) is 87.3 cm³/mol. The van der Waals surface area contributed by atoms with Gasteiger partial charge in [-0.05, 0) is 31.9 Å². The van der Waals surface area contributed by atoms with Crippen LogP contribution >= 0.6 is 0 Å². The first-order valence-electron chi connectivity index (χ1n) is 7.86. The summed E-state index contributed by atoms with van der Waals surface area (Å²) < 4.78 is 1.91. The zero-order valence-corrected chi connectivity index (χ0v) is 12.9. The van der Waals surface area contributed by atoms with Crippen LogP contribution in [0.2, 0.25) is 0 Å². The summed E-state index contributed by atoms with van der Waals surface area (Å²) in [7, 11) is 0. The Bertz CT molecular complexity index is 654. The number of carbonyl (C=O) groups is 1. The molecule has 22 heavy (non-hydrogen) atoms. The van der Waals surface area contributed by atoms with Crippen LogP contribution in [-0.4, -0.2) is 15.7 Å². The molecule has 0 radical (unpaired) electrons. The van der Waals surface area contributed by atoms with Gasteiger partial charge in [0.25, 0.3) is 5.91 Å². The van der Waals surface area contributed by atoms with Crippen LogP contribution in [-0.2, 0) is 0 Å². The highest BCUT2D eigenvalue weighted by Crippen LogP contribution is 2.29. The molecule has 1 saturated carbocycles. The van der Waals surface area contributed by atoms with E-state index in [0.717, 1.165) is 18.5 Å². The van der Waals surface area contributed by atoms with Gasteiger partial charge in [0, 0.05) is 11.9 Å². The molecule has 0 atom stereocenters. The molecule has 1 aliphatic carbocycles. The molecule has 1 aromatic carbocycles. The van der Waals surface area contributed by atoms with E-state index in [4.69, 9.17) is 5.73 Å². The number of hydrogen-bond donors (Lipinski definition) is 2. The van der Waals surface area contributed by atoms with Crippen molar-refractivity contribution in [2.45, 2.75) is 45.1 Å². The van der Waals surface area contributed by atoms with Crippen molar-refractivity contribution in [1.82, 2.24) is 9.78 Å². The smallest absolute Gasteiger partial charge is 0.254 e. The highest BCUT2D eigenvalue weighted by molar-refractivity contribution is 5.98. The zero-order valence-electron chi connectivity index (χ0n) is 12.9. The molecular weight excluding hydrogens is 276 g/mol. The lowest BCUT2D eigenvalue weighted by molar-refractivity contribution is 0.100. The summed E-state index contributed by atoms with van der Waals surface area (Å²) in [6.45, 7) is 2.04. The number of hydrogen-bond acceptors (Lipinski definition) is 3. The molecule has 3 N–H and O–H groups in total. The van der Waals surface area contributed by atoms with Crippen LogP contribution in [0.5, 0.6) is 0 Å². The molecule has 1 fully saturated rings. The Hall–Kier alpha value is -2.30. The number of nitrogens with two attached hydrogens (primary N) is 1. The number of anilines is 2. The minimum atomic E-state index is -0.448. The first kappa shape index (κ1) is 14.6. The normalized spacial score (nSPS) is 15.7. The molecular formula is C17H22N4O. The summed E-state index contributed by atoms with van der Waals surface area (Å²) >= 11 is 0. The number of carbonyl (C=O) groups excluding carboxylic acids is 1. The first-order valence-corrected chi connectivity index (χ1v) is 7.86. The predicted octanol–water partition coefficient (Wildman–Crippen LogP) is 3.54. The third-order valence-corrected chi connectivity index (χ3v) is 4.26. The largest absolute Gasteiger partial charge is 0.365 e. The van der Waals surface area contributed by atoms with Crippen LogP contribution in [0.1, 0.15) is 54.1 Å². The van der Waals surface area contributed by atoms with Gasteiger partial charge in [-0.25, -0.2) is 0 Å². The first-order chi connectivity index (χ1) is 10.6. The second-order valence-corrected chi connectivity index (χ2v) is 6.02. The lowest BCUT2D eigenvalue weighted by Gasteiger charge is -2.21. The molecule has 3 rings (SSSR count). The van der Waals surface area contributed by atoms with Crippen LogP contribution in [0, 0.1) is 6.92 Å². The standard InChI is InChI=1S/C17H22N4O/c1-12-7-9-13(10-8-12)19-17-15(16(18)22)11-21(20-17)14-5-3-2-4-6-14/h7-11,14H,2-6H2,1H3,(H2,18,22)(H,19,20). The van der Waals surface area contributed by atoms with Crippen molar-refractivity contribution in [2.75, 3.05) is 5.32 Å². The molecule has 0 saturated heterocycles. The van der Waals surface area contributed by atoms with Crippen molar-refractivity contribution in [2.24, 2.45) is 5.73 Å². The number of rotatable bonds is 4. The topological polar surface area (TPSA) is 72.9 Å². The fourth-order valence-corrected chi connectivity index (χ4v) is 2.97. The van der Waals surface area contributed by atoms with E-state index in [1.807, 2.05) is 35.9 Å². The van der Waals surface area contributed by atoms with Gasteiger partial charge in [0.15, 0.2) is 5.82 Å². The number of amides is 1. The Kier molecular flexibility index (Phi) is 4.13. The average molecular weight is 298 g/mol. The fourth-order valence-electron chi connectivity index (χ4n) is 2.97. The van der Waals surface area contributed by atoms with E-state index in [0.29, 0.717) is 17.4 Å². The number of benzene rings is 1. The molecule has 1 heterocycles. The van der Waals surface area contributed by atoms with Gasteiger partial charge in [0.2, 0.25) is 0 Å². The number of nitrogens with one attached hydrogen (secondary N) is 1. The summed E-state index contributed by atoms with van der Waals surface area (Å²) in [5.41, 5.74) is 8.05. The van der Waals surface area contributed by atoms with E-state index in [1.165, 1.54) is 24.8 Å². The van der Waals surface area contributed by atoms with Crippen molar-refractivity contribution < 1.29 is 4.79 Å². The van der Waals surface area contributed by atoms with Crippen molar-refractivity contribution in [3.8, 4) is 0 Å². The highest BCUT2D eigenvalue weighted by Gasteiger charge is 2.20. The number of primary amides is 1. The summed E-state index contributed by atoms with van der Waals surface area (Å²) in [4.78, 5) is 11.7. The molecule has 116 valence electrons. The molecule has 5 nitrogen and oxygen atoms in total. The van der Waals surface area contributed by atoms with Crippen LogP contribution in [0.3, 0.4) is 0 Å². The van der Waals surface area contributed by atoms with Gasteiger partial charge < -0.3 is 11.1 Å². The lowest BCUT2D eigenvalue weighted by Crippen LogP contribution is -2.14. The summed E-state index contributed by atoms with van der Waals surface area (Å²) in [6, 6.07) is 8.36. The van der Waals surface area contributed by atoms with Gasteiger partial charge in [0.1, 0.15) is 5.56 Å². The van der Waals surface area contributed by atoms with E-state index in [-0.39, 0.29) is 0 Å². The number of aryl methyl sites for hydroxylation is 1. The van der Waals surface area contributed by atoms with Gasteiger partial charge in [-0.15, -0.1) is 0 Å². The maximum absolute atomic E-state index is 11.7. The highest BCUT2D eigenvalue weighted by atomic mass is 16.1. The molecule has 0 bridgehead atoms. The fraction of sp³-hybridized carbons (Fsp3) is 0.412.